The molecule has 11 heteroatoms. The maximum absolute atomic E-state index is 13.7. The zero-order valence-electron chi connectivity index (χ0n) is 20.9. The predicted octanol–water partition coefficient (Wildman–Crippen LogP) is 5.02. The number of halogens is 3. The minimum Gasteiger partial charge on any atom is -0.349 e. The molecule has 7 nitrogen and oxygen atoms in total. The Balaban J connectivity index is 1.53. The highest BCUT2D eigenvalue weighted by Crippen LogP contribution is 2.48. The van der Waals surface area contributed by atoms with E-state index in [9.17, 15) is 22.8 Å². The van der Waals surface area contributed by atoms with Crippen molar-refractivity contribution < 1.29 is 22.8 Å². The Morgan fingerprint density at radius 1 is 1.24 bits per heavy atom. The highest BCUT2D eigenvalue weighted by Gasteiger charge is 2.60. The summed E-state index contributed by atoms with van der Waals surface area (Å²) in [7, 11) is 0. The maximum Gasteiger partial charge on any atom is 0.419 e. The van der Waals surface area contributed by atoms with Gasteiger partial charge in [-0.1, -0.05) is 18.2 Å². The molecule has 1 aromatic rings. The number of alkyl halides is 3. The lowest BCUT2D eigenvalue weighted by atomic mass is 9.73. The van der Waals surface area contributed by atoms with E-state index in [0.717, 1.165) is 12.5 Å². The van der Waals surface area contributed by atoms with Gasteiger partial charge in [0.1, 0.15) is 11.6 Å². The quantitative estimate of drug-likeness (QED) is 0.236. The van der Waals surface area contributed by atoms with Crippen molar-refractivity contribution in [1.29, 1.82) is 5.26 Å². The van der Waals surface area contributed by atoms with E-state index in [0.29, 0.717) is 44.1 Å². The van der Waals surface area contributed by atoms with Crippen molar-refractivity contribution in [3.05, 3.63) is 58.9 Å². The minimum absolute atomic E-state index is 0.0174. The molecular weight excluding hydrogens is 515 g/mol. The second kappa shape index (κ2) is 10.7. The van der Waals surface area contributed by atoms with Crippen molar-refractivity contribution in [2.75, 3.05) is 0 Å². The van der Waals surface area contributed by atoms with E-state index in [4.69, 9.17) is 17.5 Å². The first-order valence-corrected chi connectivity index (χ1v) is 12.8. The Hall–Kier alpha value is -3.52. The number of nitriles is 1. The van der Waals surface area contributed by atoms with E-state index in [-0.39, 0.29) is 34.7 Å². The van der Waals surface area contributed by atoms with Crippen LogP contribution in [0.15, 0.2) is 58.4 Å². The number of nitrogens with zero attached hydrogens (tertiary/aromatic N) is 4. The molecule has 1 spiro atoms. The largest absolute Gasteiger partial charge is 0.419 e. The van der Waals surface area contributed by atoms with Gasteiger partial charge in [0.2, 0.25) is 0 Å². The molecule has 2 amide bonds. The van der Waals surface area contributed by atoms with Crippen LogP contribution in [0.5, 0.6) is 0 Å². The number of hydrogen-bond donors (Lipinski definition) is 1. The van der Waals surface area contributed by atoms with E-state index in [1.165, 1.54) is 17.9 Å². The van der Waals surface area contributed by atoms with Crippen LogP contribution in [0.25, 0.3) is 0 Å². The van der Waals surface area contributed by atoms with Crippen LogP contribution in [0.1, 0.15) is 62.2 Å². The molecule has 2 aliphatic carbocycles. The summed E-state index contributed by atoms with van der Waals surface area (Å²) in [5.74, 6) is -0.476. The number of rotatable bonds is 6. The zero-order chi connectivity index (χ0) is 27.7. The monoisotopic (exact) mass is 543 g/mol. The fraction of sp³-hybridized carbons (Fsp3) is 0.444. The first-order chi connectivity index (χ1) is 18.0. The second-order valence-corrected chi connectivity index (χ2v) is 10.2. The van der Waals surface area contributed by atoms with Gasteiger partial charge in [-0.3, -0.25) is 19.5 Å². The molecule has 1 N–H and O–H groups in total. The topological polar surface area (TPSA) is 88.8 Å². The lowest BCUT2D eigenvalue weighted by Gasteiger charge is -2.48. The molecule has 2 saturated carbocycles. The van der Waals surface area contributed by atoms with Crippen LogP contribution in [-0.2, 0) is 4.79 Å². The summed E-state index contributed by atoms with van der Waals surface area (Å²) >= 11 is 5.70. The fourth-order valence-electron chi connectivity index (χ4n) is 5.55. The molecule has 1 aliphatic heterocycles. The SMILES string of the molecule is C=N/C(C#N)=C(\C=C(/C)N1C(=O)C2(CCC2)N(C2CCC(NC(=O)c3ccccc3)CC2)C1=S)C(F)(F)F. The number of amides is 2. The highest BCUT2D eigenvalue weighted by atomic mass is 32.1. The van der Waals surface area contributed by atoms with Crippen LogP contribution in [-0.4, -0.2) is 57.2 Å². The third kappa shape index (κ3) is 4.97. The summed E-state index contributed by atoms with van der Waals surface area (Å²) in [4.78, 5) is 32.5. The van der Waals surface area contributed by atoms with Crippen LogP contribution < -0.4 is 5.32 Å². The Kier molecular flexibility index (Phi) is 7.74. The summed E-state index contributed by atoms with van der Waals surface area (Å²) in [5.41, 5.74) is -2.46. The van der Waals surface area contributed by atoms with Gasteiger partial charge in [0.15, 0.2) is 10.8 Å². The predicted molar refractivity (Wildman–Crippen MR) is 140 cm³/mol. The van der Waals surface area contributed by atoms with Crippen LogP contribution in [0.3, 0.4) is 0 Å². The van der Waals surface area contributed by atoms with Gasteiger partial charge >= 0.3 is 6.18 Å². The van der Waals surface area contributed by atoms with Gasteiger partial charge in [-0.25, -0.2) is 0 Å². The van der Waals surface area contributed by atoms with Gasteiger partial charge in [-0.2, -0.15) is 18.4 Å². The molecule has 0 atom stereocenters. The van der Waals surface area contributed by atoms with Crippen molar-refractivity contribution in [2.24, 2.45) is 4.99 Å². The summed E-state index contributed by atoms with van der Waals surface area (Å²) in [6.45, 7) is 4.44. The van der Waals surface area contributed by atoms with Gasteiger partial charge < -0.3 is 10.2 Å². The average Bonchev–Trinajstić information content (AvgIpc) is 3.11. The zero-order valence-corrected chi connectivity index (χ0v) is 21.7. The summed E-state index contributed by atoms with van der Waals surface area (Å²) < 4.78 is 41.1. The number of benzene rings is 1. The molecule has 0 unspecified atom stereocenters. The molecule has 3 fully saturated rings. The van der Waals surface area contributed by atoms with E-state index < -0.39 is 23.0 Å². The molecule has 38 heavy (non-hydrogen) atoms. The Labute approximate surface area is 224 Å². The van der Waals surface area contributed by atoms with Crippen LogP contribution in [0, 0.1) is 11.3 Å². The molecule has 1 aromatic carbocycles. The molecule has 0 radical (unpaired) electrons. The summed E-state index contributed by atoms with van der Waals surface area (Å²) in [6, 6.07) is 10.3. The lowest BCUT2D eigenvalue weighted by molar-refractivity contribution is -0.137. The van der Waals surface area contributed by atoms with Crippen molar-refractivity contribution in [1.82, 2.24) is 15.1 Å². The Morgan fingerprint density at radius 3 is 2.37 bits per heavy atom. The summed E-state index contributed by atoms with van der Waals surface area (Å²) in [5, 5.41) is 12.4. The number of thiocarbonyl (C=S) groups is 1. The van der Waals surface area contributed by atoms with Crippen LogP contribution in [0.2, 0.25) is 0 Å². The van der Waals surface area contributed by atoms with Crippen molar-refractivity contribution in [3.8, 4) is 6.07 Å². The second-order valence-electron chi connectivity index (χ2n) is 9.84. The normalized spacial score (nSPS) is 24.0. The number of nitrogens with one attached hydrogen (secondary N) is 1. The Bertz CT molecular complexity index is 1240. The number of allylic oxidation sites excluding steroid dienone is 4. The van der Waals surface area contributed by atoms with Crippen molar-refractivity contribution in [2.45, 2.75) is 75.7 Å². The van der Waals surface area contributed by atoms with Gasteiger partial charge in [0.25, 0.3) is 11.8 Å². The molecule has 0 aromatic heterocycles. The number of carbonyl (C=O) groups is 2. The molecule has 3 aliphatic rings. The third-order valence-electron chi connectivity index (χ3n) is 7.60. The van der Waals surface area contributed by atoms with Crippen LogP contribution >= 0.6 is 12.2 Å². The molecule has 4 rings (SSSR count). The van der Waals surface area contributed by atoms with Crippen molar-refractivity contribution >= 4 is 35.9 Å². The molecular formula is C27H28F3N5O2S. The third-order valence-corrected chi connectivity index (χ3v) is 7.98. The van der Waals surface area contributed by atoms with E-state index in [2.05, 4.69) is 17.0 Å². The fourth-order valence-corrected chi connectivity index (χ4v) is 6.10. The number of aliphatic imine (C=N–C) groups is 1. The average molecular weight is 544 g/mol. The first kappa shape index (κ1) is 27.5. The maximum atomic E-state index is 13.7. The van der Waals surface area contributed by atoms with Gasteiger partial charge in [-0.15, -0.1) is 0 Å². The van der Waals surface area contributed by atoms with Gasteiger partial charge in [0.05, 0.1) is 5.57 Å². The standard InChI is InChI=1S/C27H28F3N5O2S/c1-17(15-21(27(28,29)30)22(16-31)32-2)34-24(37)26(13-6-14-26)35(25(34)38)20-11-9-19(10-12-20)33-23(36)18-7-4-3-5-8-18/h3-5,7-8,15,19-20H,2,6,9-14H2,1H3,(H,33,36)/b17-15+,22-21+. The lowest BCUT2D eigenvalue weighted by Crippen LogP contribution is -2.59. The van der Waals surface area contributed by atoms with Gasteiger partial charge in [0, 0.05) is 23.3 Å². The minimum atomic E-state index is -4.87. The van der Waals surface area contributed by atoms with E-state index in [1.54, 1.807) is 24.3 Å². The Morgan fingerprint density at radius 2 is 1.87 bits per heavy atom. The highest BCUT2D eigenvalue weighted by molar-refractivity contribution is 7.80. The van der Waals surface area contributed by atoms with E-state index >= 15 is 0 Å². The first-order valence-electron chi connectivity index (χ1n) is 12.4. The van der Waals surface area contributed by atoms with Crippen molar-refractivity contribution in [3.63, 3.8) is 0 Å². The van der Waals surface area contributed by atoms with Crippen LogP contribution in [0.4, 0.5) is 13.2 Å². The summed E-state index contributed by atoms with van der Waals surface area (Å²) in [6.07, 6.45) is 0.572. The molecule has 200 valence electrons. The smallest absolute Gasteiger partial charge is 0.349 e. The molecule has 0 bridgehead atoms. The van der Waals surface area contributed by atoms with Gasteiger partial charge in [-0.05, 0) is 89.0 Å². The number of carbonyl (C=O) groups excluding carboxylic acids is 2. The number of hydrogen-bond acceptors (Lipinski definition) is 5. The molecule has 1 heterocycles. The van der Waals surface area contributed by atoms with E-state index in [1.807, 2.05) is 11.0 Å². The molecule has 1 saturated heterocycles.